The van der Waals surface area contributed by atoms with Gasteiger partial charge in [0.05, 0.1) is 85.9 Å². The van der Waals surface area contributed by atoms with Gasteiger partial charge in [-0.2, -0.15) is 0 Å². The summed E-state index contributed by atoms with van der Waals surface area (Å²) in [6.45, 7) is 7.27. The van der Waals surface area contributed by atoms with Crippen molar-refractivity contribution in [1.29, 1.82) is 0 Å². The van der Waals surface area contributed by atoms with Crippen LogP contribution in [0, 0.1) is 11.8 Å². The first-order chi connectivity index (χ1) is 28.5. The highest BCUT2D eigenvalue weighted by atomic mass is 16.6. The Kier molecular flexibility index (Phi) is 20.7. The van der Waals surface area contributed by atoms with Crippen molar-refractivity contribution in [3.8, 4) is 11.4 Å². The van der Waals surface area contributed by atoms with Crippen LogP contribution in [0.4, 0.5) is 0 Å². The van der Waals surface area contributed by atoms with Crippen molar-refractivity contribution in [2.45, 2.75) is 77.3 Å². The van der Waals surface area contributed by atoms with E-state index < -0.39 is 5.97 Å². The van der Waals surface area contributed by atoms with Crippen molar-refractivity contribution in [2.75, 3.05) is 99.6 Å². The highest BCUT2D eigenvalue weighted by Gasteiger charge is 2.24. The molecule has 2 saturated carbocycles. The molecule has 0 radical (unpaired) electrons. The quantitative estimate of drug-likeness (QED) is 0.0593. The second-order valence-electron chi connectivity index (χ2n) is 14.9. The van der Waals surface area contributed by atoms with Gasteiger partial charge in [-0.05, 0) is 49.2 Å². The number of aromatic nitrogens is 4. The molecule has 0 saturated heterocycles. The first-order valence-electron chi connectivity index (χ1n) is 21.2. The second-order valence-corrected chi connectivity index (χ2v) is 14.9. The molecule has 322 valence electrons. The predicted octanol–water partition coefficient (Wildman–Crippen LogP) is 5.02. The SMILES string of the molecule is COCCOCCOCCOCCOCCOCCOCCOC(=O)/C=C/c1ccc(-c2nc3c(=O)n(CC4CCCCC4)c(=O)n(CC4CCCCC4)c3[nH]2)cc1. The summed E-state index contributed by atoms with van der Waals surface area (Å²) in [7, 11) is 1.64. The number of hydrogen-bond acceptors (Lipinski definition) is 12. The number of esters is 1. The van der Waals surface area contributed by atoms with E-state index in [2.05, 4.69) is 4.98 Å². The zero-order valence-corrected chi connectivity index (χ0v) is 34.3. The number of fused-ring (bicyclic) bond motifs is 1. The molecule has 2 heterocycles. The molecule has 0 aliphatic heterocycles. The smallest absolute Gasteiger partial charge is 0.332 e. The maximum absolute atomic E-state index is 13.9. The molecule has 0 atom stereocenters. The summed E-state index contributed by atoms with van der Waals surface area (Å²) in [6.07, 6.45) is 14.4. The number of carbonyl (C=O) groups is 1. The van der Waals surface area contributed by atoms with Gasteiger partial charge in [0.15, 0.2) is 5.52 Å². The van der Waals surface area contributed by atoms with Crippen molar-refractivity contribution >= 4 is 23.2 Å². The van der Waals surface area contributed by atoms with Crippen LogP contribution in [0.15, 0.2) is 39.9 Å². The Balaban J connectivity index is 0.974. The van der Waals surface area contributed by atoms with Gasteiger partial charge in [0.25, 0.3) is 5.56 Å². The molecular weight excluding hydrogens is 748 g/mol. The van der Waals surface area contributed by atoms with Crippen LogP contribution in [0.1, 0.15) is 69.8 Å². The van der Waals surface area contributed by atoms with Crippen LogP contribution in [-0.4, -0.2) is 125 Å². The Morgan fingerprint density at radius 1 is 0.655 bits per heavy atom. The molecule has 5 rings (SSSR count). The molecule has 0 bridgehead atoms. The fourth-order valence-electron chi connectivity index (χ4n) is 7.40. The van der Waals surface area contributed by atoms with E-state index in [1.807, 2.05) is 24.3 Å². The van der Waals surface area contributed by atoms with Crippen LogP contribution in [-0.2, 0) is 55.8 Å². The van der Waals surface area contributed by atoms with Crippen molar-refractivity contribution in [2.24, 2.45) is 11.8 Å². The molecule has 2 aliphatic carbocycles. The topological polar surface area (TPSA) is 164 Å². The van der Waals surface area contributed by atoms with Crippen LogP contribution < -0.4 is 11.2 Å². The monoisotopic (exact) mass is 812 g/mol. The summed E-state index contributed by atoms with van der Waals surface area (Å²) in [6, 6.07) is 7.50. The average Bonchev–Trinajstić information content (AvgIpc) is 3.70. The van der Waals surface area contributed by atoms with E-state index in [-0.39, 0.29) is 24.5 Å². The molecule has 15 heteroatoms. The standard InChI is InChI=1S/C43H64N4O11/c1-51-18-19-52-20-21-53-22-23-54-24-25-55-26-27-56-28-29-57-30-31-58-38(48)17-14-34-12-15-37(16-13-34)40-44-39-41(45-40)46(32-35-8-4-2-5-9-35)43(50)47(42(39)49)33-36-10-6-3-7-11-36/h12-17,35-36H,2-11,18-33H2,1H3,(H,44,45)/b17-14+. The van der Waals surface area contributed by atoms with Crippen molar-refractivity contribution in [1.82, 2.24) is 19.1 Å². The zero-order valence-electron chi connectivity index (χ0n) is 34.3. The number of nitrogens with one attached hydrogen (secondary N) is 1. The largest absolute Gasteiger partial charge is 0.460 e. The Bertz CT molecular complexity index is 1760. The van der Waals surface area contributed by atoms with Crippen molar-refractivity contribution in [3.05, 3.63) is 56.7 Å². The fraction of sp³-hybridized carbons (Fsp3) is 0.674. The van der Waals surface area contributed by atoms with Crippen molar-refractivity contribution in [3.63, 3.8) is 0 Å². The number of ether oxygens (including phenoxy) is 8. The number of rotatable bonds is 28. The molecule has 0 unspecified atom stereocenters. The first-order valence-corrected chi connectivity index (χ1v) is 21.2. The van der Waals surface area contributed by atoms with Gasteiger partial charge >= 0.3 is 11.7 Å². The van der Waals surface area contributed by atoms with Gasteiger partial charge in [0.2, 0.25) is 0 Å². The van der Waals surface area contributed by atoms with Crippen molar-refractivity contribution < 1.29 is 42.7 Å². The summed E-state index contributed by atoms with van der Waals surface area (Å²) in [5.41, 5.74) is 1.83. The minimum absolute atomic E-state index is 0.124. The maximum atomic E-state index is 13.9. The Hall–Kier alpha value is -3.70. The van der Waals surface area contributed by atoms with Crippen LogP contribution >= 0.6 is 0 Å². The van der Waals surface area contributed by atoms with E-state index in [4.69, 9.17) is 42.9 Å². The summed E-state index contributed by atoms with van der Waals surface area (Å²) < 4.78 is 46.0. The summed E-state index contributed by atoms with van der Waals surface area (Å²) >= 11 is 0. The summed E-state index contributed by atoms with van der Waals surface area (Å²) in [5, 5.41) is 0. The minimum atomic E-state index is -0.473. The van der Waals surface area contributed by atoms with Crippen LogP contribution in [0.3, 0.4) is 0 Å². The Morgan fingerprint density at radius 3 is 1.62 bits per heavy atom. The highest BCUT2D eigenvalue weighted by molar-refractivity contribution is 5.87. The van der Waals surface area contributed by atoms with E-state index in [0.29, 0.717) is 121 Å². The Morgan fingerprint density at radius 2 is 1.12 bits per heavy atom. The third-order valence-electron chi connectivity index (χ3n) is 10.6. The normalized spacial score (nSPS) is 15.5. The molecule has 1 N–H and O–H groups in total. The number of nitrogens with zero attached hydrogens (tertiary/aromatic N) is 3. The van der Waals surface area contributed by atoms with Gasteiger partial charge in [0, 0.05) is 31.8 Å². The number of benzene rings is 1. The molecule has 0 amide bonds. The molecule has 2 aromatic heterocycles. The lowest BCUT2D eigenvalue weighted by molar-refractivity contribution is -0.139. The molecule has 3 aromatic rings. The third-order valence-corrected chi connectivity index (χ3v) is 10.6. The predicted molar refractivity (Wildman–Crippen MR) is 220 cm³/mol. The number of hydrogen-bond donors (Lipinski definition) is 1. The van der Waals surface area contributed by atoms with E-state index in [1.54, 1.807) is 17.8 Å². The molecule has 2 fully saturated rings. The van der Waals surface area contributed by atoms with Gasteiger partial charge in [-0.15, -0.1) is 0 Å². The summed E-state index contributed by atoms with van der Waals surface area (Å²) in [5.74, 6) is 0.800. The van der Waals surface area contributed by atoms with Gasteiger partial charge in [-0.25, -0.2) is 14.6 Å². The molecular formula is C43H64N4O11. The van der Waals surface area contributed by atoms with E-state index in [1.165, 1.54) is 36.3 Å². The van der Waals surface area contributed by atoms with Gasteiger partial charge < -0.3 is 42.9 Å². The summed E-state index contributed by atoms with van der Waals surface area (Å²) in [4.78, 5) is 48.0. The molecule has 0 spiro atoms. The van der Waals surface area contributed by atoms with Crippen LogP contribution in [0.5, 0.6) is 0 Å². The highest BCUT2D eigenvalue weighted by Crippen LogP contribution is 2.27. The number of carbonyl (C=O) groups excluding carboxylic acids is 1. The number of aromatic amines is 1. The first kappa shape index (κ1) is 45.4. The fourth-order valence-corrected chi connectivity index (χ4v) is 7.40. The van der Waals surface area contributed by atoms with E-state index >= 15 is 0 Å². The second kappa shape index (κ2) is 26.4. The van der Waals surface area contributed by atoms with Crippen LogP contribution in [0.2, 0.25) is 0 Å². The van der Waals surface area contributed by atoms with Gasteiger partial charge in [-0.3, -0.25) is 13.9 Å². The lowest BCUT2D eigenvalue weighted by Crippen LogP contribution is -2.42. The van der Waals surface area contributed by atoms with Crippen LogP contribution in [0.25, 0.3) is 28.6 Å². The molecule has 2 aliphatic rings. The van der Waals surface area contributed by atoms with E-state index in [9.17, 15) is 14.4 Å². The van der Waals surface area contributed by atoms with Gasteiger partial charge in [-0.1, -0.05) is 62.8 Å². The lowest BCUT2D eigenvalue weighted by Gasteiger charge is -2.24. The number of methoxy groups -OCH3 is 1. The average molecular weight is 813 g/mol. The maximum Gasteiger partial charge on any atom is 0.332 e. The number of H-pyrrole nitrogens is 1. The zero-order chi connectivity index (χ0) is 40.6. The Labute approximate surface area is 341 Å². The van der Waals surface area contributed by atoms with E-state index in [0.717, 1.165) is 49.7 Å². The third kappa shape index (κ3) is 15.5. The minimum Gasteiger partial charge on any atom is -0.460 e. The molecule has 58 heavy (non-hydrogen) atoms. The molecule has 15 nitrogen and oxygen atoms in total. The number of imidazole rings is 1. The lowest BCUT2D eigenvalue weighted by atomic mass is 9.89. The molecule has 1 aromatic carbocycles. The van der Waals surface area contributed by atoms with Gasteiger partial charge in [0.1, 0.15) is 18.1 Å².